The molecule has 0 atom stereocenters. The first-order chi connectivity index (χ1) is 3.39. The molecule has 38 valence electrons. The van der Waals surface area contributed by atoms with Crippen molar-refractivity contribution in [3.05, 3.63) is 30.3 Å². The van der Waals surface area contributed by atoms with Crippen LogP contribution in [0, 0.1) is 0 Å². The molecule has 0 aromatic heterocycles. The monoisotopic (exact) mass is 140 g/mol. The fourth-order valence-corrected chi connectivity index (χ4v) is 0.420. The van der Waals surface area contributed by atoms with E-state index in [1.165, 1.54) is 12.1 Å². The first kappa shape index (κ1) is 12.7. The van der Waals surface area contributed by atoms with E-state index in [0.717, 1.165) is 0 Å². The minimum absolute atomic E-state index is 0. The van der Waals surface area contributed by atoms with E-state index in [1.807, 2.05) is 6.07 Å². The molecule has 0 aliphatic rings. The Morgan fingerprint density at radius 3 is 1.67 bits per heavy atom. The van der Waals surface area contributed by atoms with Gasteiger partial charge in [0, 0.05) is 0 Å². The molecule has 1 aromatic rings. The van der Waals surface area contributed by atoms with Crippen LogP contribution in [0.4, 0.5) is 0 Å². The second kappa shape index (κ2) is 7.13. The number of hydrogen-bond donors (Lipinski definition) is 0. The van der Waals surface area contributed by atoms with Gasteiger partial charge >= 0.3 is 59.1 Å². The molecule has 0 bridgehead atoms. The van der Waals surface area contributed by atoms with Gasteiger partial charge in [-0.3, -0.25) is 0 Å². The molecule has 0 heterocycles. The molecule has 1 nitrogen and oxygen atoms in total. The van der Waals surface area contributed by atoms with Gasteiger partial charge in [-0.1, -0.05) is 30.3 Å². The molecule has 0 unspecified atom stereocenters. The maximum Gasteiger partial charge on any atom is -0.0623 e. The Morgan fingerprint density at radius 1 is 1.00 bits per heavy atom. The van der Waals surface area contributed by atoms with Crippen LogP contribution in [0.2, 0.25) is 0 Å². The van der Waals surface area contributed by atoms with Crippen LogP contribution in [0.15, 0.2) is 30.3 Å². The van der Waals surface area contributed by atoms with E-state index in [-0.39, 0.29) is 64.9 Å². The summed E-state index contributed by atoms with van der Waals surface area (Å²) >= 11 is 0. The molecule has 0 N–H and O–H groups in total. The summed E-state index contributed by atoms with van der Waals surface area (Å²) in [7, 11) is 0. The second-order valence-corrected chi connectivity index (χ2v) is 1.31. The van der Waals surface area contributed by atoms with Gasteiger partial charge in [-0.2, -0.15) is 0 Å². The Labute approximate surface area is 99.1 Å². The molecule has 0 aliphatic carbocycles. The van der Waals surface area contributed by atoms with Gasteiger partial charge in [-0.25, -0.2) is 0 Å². The van der Waals surface area contributed by atoms with Crippen molar-refractivity contribution >= 4 is 29.6 Å². The zero-order chi connectivity index (χ0) is 5.11. The van der Waals surface area contributed by atoms with Crippen molar-refractivity contribution in [3.63, 3.8) is 0 Å². The van der Waals surface area contributed by atoms with Crippen LogP contribution in [0.3, 0.4) is 0 Å². The summed E-state index contributed by atoms with van der Waals surface area (Å²) in [5, 5.41) is 10.3. The van der Waals surface area contributed by atoms with Gasteiger partial charge in [0.1, 0.15) is 0 Å². The summed E-state index contributed by atoms with van der Waals surface area (Å²) in [5.41, 5.74) is 0. The molecule has 0 fully saturated rings. The van der Waals surface area contributed by atoms with Gasteiger partial charge in [0.2, 0.25) is 0 Å². The largest absolute Gasteiger partial charge is 0.872 e. The number of para-hydroxylation sites is 1. The van der Waals surface area contributed by atoms with E-state index < -0.39 is 0 Å². The quantitative estimate of drug-likeness (QED) is 0.355. The van der Waals surface area contributed by atoms with Crippen LogP contribution in [0.5, 0.6) is 5.75 Å². The molecule has 0 spiro atoms. The van der Waals surface area contributed by atoms with Gasteiger partial charge < -0.3 is 5.11 Å². The molecular weight excluding hydrogens is 134 g/mol. The van der Waals surface area contributed by atoms with Crippen molar-refractivity contribution in [1.82, 2.24) is 0 Å². The van der Waals surface area contributed by atoms with Crippen LogP contribution >= 0.6 is 0 Å². The van der Waals surface area contributed by atoms with Crippen molar-refractivity contribution in [2.45, 2.75) is 0 Å². The topological polar surface area (TPSA) is 23.1 Å². The predicted molar refractivity (Wildman–Crippen MR) is 33.0 cm³/mol. The minimum Gasteiger partial charge on any atom is -0.872 e. The summed E-state index contributed by atoms with van der Waals surface area (Å²) in [6.07, 6.45) is 0. The third-order valence-corrected chi connectivity index (χ3v) is 0.743. The van der Waals surface area contributed by atoms with Gasteiger partial charge in [0.15, 0.2) is 0 Å². The van der Waals surface area contributed by atoms with Crippen LogP contribution in [0.1, 0.15) is 0 Å². The smallest absolute Gasteiger partial charge is 0.0623 e. The maximum absolute atomic E-state index is 10.3. The molecule has 1 rings (SSSR count). The molecule has 0 saturated carbocycles. The first-order valence-corrected chi connectivity index (χ1v) is 2.11. The average Bonchev–Trinajstić information content (AvgIpc) is 1.69. The molecule has 3 heteroatoms. The van der Waals surface area contributed by atoms with E-state index in [0.29, 0.717) is 0 Å². The molecule has 0 aliphatic heterocycles. The van der Waals surface area contributed by atoms with Crippen molar-refractivity contribution in [3.8, 4) is 5.75 Å². The van der Waals surface area contributed by atoms with E-state index in [2.05, 4.69) is 0 Å². The second-order valence-electron chi connectivity index (χ2n) is 1.31. The Bertz CT molecular complexity index is 141. The molecule has 9 heavy (non-hydrogen) atoms. The van der Waals surface area contributed by atoms with Crippen LogP contribution in [-0.2, 0) is 0 Å². The Morgan fingerprint density at radius 2 is 1.44 bits per heavy atom. The van der Waals surface area contributed by atoms with E-state index in [9.17, 15) is 5.11 Å². The van der Waals surface area contributed by atoms with Gasteiger partial charge in [-0.15, -0.1) is 5.75 Å². The SMILES string of the molecule is [Na+].[NaH].[O-]c1ccccc1. The van der Waals surface area contributed by atoms with Crippen LogP contribution in [-0.4, -0.2) is 29.6 Å². The van der Waals surface area contributed by atoms with Gasteiger partial charge in [0.25, 0.3) is 0 Å². The molecule has 0 amide bonds. The van der Waals surface area contributed by atoms with Crippen LogP contribution < -0.4 is 34.7 Å². The van der Waals surface area contributed by atoms with Crippen molar-refractivity contribution in [2.75, 3.05) is 0 Å². The van der Waals surface area contributed by atoms with Gasteiger partial charge in [0.05, 0.1) is 0 Å². The summed E-state index contributed by atoms with van der Waals surface area (Å²) < 4.78 is 0. The number of rotatable bonds is 0. The number of benzene rings is 1. The minimum atomic E-state index is 0. The van der Waals surface area contributed by atoms with Gasteiger partial charge in [-0.05, 0) is 0 Å². The summed E-state index contributed by atoms with van der Waals surface area (Å²) in [6.45, 7) is 0. The predicted octanol–water partition coefficient (Wildman–Crippen LogP) is -2.88. The maximum atomic E-state index is 10.3. The van der Waals surface area contributed by atoms with E-state index in [1.54, 1.807) is 12.1 Å². The standard InChI is InChI=1S/C6H6O.2Na.H/c7-6-4-2-1-3-5-6;;;/h1-5,7H;;;/q;;+1;/p-1. The molecular formula is C6H6Na2O. The van der Waals surface area contributed by atoms with Crippen molar-refractivity contribution in [2.24, 2.45) is 0 Å². The zero-order valence-corrected chi connectivity index (χ0v) is 6.79. The Balaban J connectivity index is 0. The normalized spacial score (nSPS) is 6.67. The Kier molecular flexibility index (Phi) is 10.0. The fourth-order valence-electron chi connectivity index (χ4n) is 0.420. The molecule has 1 aromatic carbocycles. The zero-order valence-electron chi connectivity index (χ0n) is 4.79. The third-order valence-electron chi connectivity index (χ3n) is 0.743. The van der Waals surface area contributed by atoms with Crippen molar-refractivity contribution in [1.29, 1.82) is 0 Å². The van der Waals surface area contributed by atoms with E-state index in [4.69, 9.17) is 0 Å². The molecule has 0 radical (unpaired) electrons. The van der Waals surface area contributed by atoms with Crippen LogP contribution in [0.25, 0.3) is 0 Å². The average molecular weight is 140 g/mol. The summed E-state index contributed by atoms with van der Waals surface area (Å²) in [6, 6.07) is 8.33. The van der Waals surface area contributed by atoms with Crippen molar-refractivity contribution < 1.29 is 34.7 Å². The Hall–Kier alpha value is 1.02. The number of hydrogen-bond acceptors (Lipinski definition) is 1. The third kappa shape index (κ3) is 5.46. The fraction of sp³-hybridized carbons (Fsp3) is 0. The molecule has 0 saturated heterocycles. The summed E-state index contributed by atoms with van der Waals surface area (Å²) in [4.78, 5) is 0. The van der Waals surface area contributed by atoms with E-state index >= 15 is 0 Å². The first-order valence-electron chi connectivity index (χ1n) is 2.11. The summed E-state index contributed by atoms with van der Waals surface area (Å²) in [5.74, 6) is 0.0718.